The Balaban J connectivity index is 1.70. The fourth-order valence-corrected chi connectivity index (χ4v) is 8.40. The van der Waals surface area contributed by atoms with Crippen LogP contribution in [0.25, 0.3) is 11.0 Å². The molecule has 1 saturated heterocycles. The average Bonchev–Trinajstić information content (AvgIpc) is 3.68. The Bertz CT molecular complexity index is 1830. The number of carbonyl (C=O) groups is 4. The number of benzene rings is 1. The van der Waals surface area contributed by atoms with E-state index in [4.69, 9.17) is 26.4 Å². The highest BCUT2D eigenvalue weighted by molar-refractivity contribution is 8.30. The Morgan fingerprint density at radius 3 is 2.36 bits per heavy atom. The number of fused-ring (bicyclic) bond motifs is 2. The molecule has 1 aromatic heterocycles. The van der Waals surface area contributed by atoms with E-state index in [1.807, 2.05) is 19.9 Å². The van der Waals surface area contributed by atoms with Gasteiger partial charge in [0.2, 0.25) is 6.79 Å². The average molecular weight is 680 g/mol. The molecule has 44 heavy (non-hydrogen) atoms. The molecule has 0 unspecified atom stereocenters. The van der Waals surface area contributed by atoms with Crippen LogP contribution in [0.4, 0.5) is 5.69 Å². The van der Waals surface area contributed by atoms with Gasteiger partial charge in [-0.05, 0) is 24.5 Å². The lowest BCUT2D eigenvalue weighted by Crippen LogP contribution is -2.37. The Hall–Kier alpha value is -3.80. The van der Waals surface area contributed by atoms with Gasteiger partial charge in [0.15, 0.2) is 11.5 Å². The van der Waals surface area contributed by atoms with E-state index in [-0.39, 0.29) is 44.3 Å². The molecule has 17 heteroatoms. The van der Waals surface area contributed by atoms with Gasteiger partial charge in [-0.15, -0.1) is 11.3 Å². The van der Waals surface area contributed by atoms with Crippen LogP contribution in [0.15, 0.2) is 32.4 Å². The van der Waals surface area contributed by atoms with E-state index in [1.165, 1.54) is 11.8 Å². The van der Waals surface area contributed by atoms with E-state index >= 15 is 0 Å². The number of rotatable bonds is 9. The van der Waals surface area contributed by atoms with Crippen molar-refractivity contribution in [2.75, 3.05) is 31.4 Å². The van der Waals surface area contributed by atoms with Crippen molar-refractivity contribution in [1.29, 1.82) is 0 Å². The van der Waals surface area contributed by atoms with Crippen molar-refractivity contribution in [2.45, 2.75) is 32.2 Å². The number of amides is 1. The standard InChI is InChI=1S/C27H25N3O10S4/c1-4-38-21(35)10-28-14-6-15-16(40-11-39-15)7-17(14)42-25(28)13(12(2)3)5-18-23(36)29(8-19(31)32)26(43-18)22-24(37)30(9-20(33)34)27(41)44-22/h5-7,12H,4,8-11H2,1-3H3,(H,31,32)(H,33,34)/b18-5+,25-13+,26-22-. The molecule has 4 heterocycles. The molecule has 2 aromatic rings. The van der Waals surface area contributed by atoms with Gasteiger partial charge in [-0.25, -0.2) is 0 Å². The monoisotopic (exact) mass is 679 g/mol. The van der Waals surface area contributed by atoms with Crippen molar-refractivity contribution in [3.63, 3.8) is 0 Å². The second kappa shape index (κ2) is 12.7. The van der Waals surface area contributed by atoms with Gasteiger partial charge in [-0.1, -0.05) is 49.6 Å². The van der Waals surface area contributed by atoms with E-state index in [0.29, 0.717) is 27.8 Å². The summed E-state index contributed by atoms with van der Waals surface area (Å²) in [6.45, 7) is 4.29. The zero-order valence-electron chi connectivity index (χ0n) is 23.5. The quantitative estimate of drug-likeness (QED) is 0.290. The van der Waals surface area contributed by atoms with Gasteiger partial charge in [-0.2, -0.15) is 0 Å². The predicted octanol–water partition coefficient (Wildman–Crippen LogP) is 1.60. The van der Waals surface area contributed by atoms with E-state index < -0.39 is 42.5 Å². The minimum Gasteiger partial charge on any atom is -0.480 e. The van der Waals surface area contributed by atoms with Crippen molar-refractivity contribution >= 4 is 91.9 Å². The highest BCUT2D eigenvalue weighted by Gasteiger charge is 2.36. The summed E-state index contributed by atoms with van der Waals surface area (Å²) >= 11 is 8.29. The van der Waals surface area contributed by atoms with E-state index in [0.717, 1.165) is 37.5 Å². The molecule has 5 rings (SSSR count). The topological polar surface area (TPSA) is 165 Å². The third-order valence-corrected chi connectivity index (χ3v) is 10.4. The second-order valence-corrected chi connectivity index (χ2v) is 13.5. The van der Waals surface area contributed by atoms with Crippen LogP contribution in [-0.4, -0.2) is 74.3 Å². The van der Waals surface area contributed by atoms with Crippen LogP contribution in [0, 0.1) is 5.92 Å². The molecule has 1 aromatic carbocycles. The summed E-state index contributed by atoms with van der Waals surface area (Å²) in [6, 6.07) is 3.60. The third-order valence-electron chi connectivity index (χ3n) is 6.48. The number of thiocarbonyl (C=S) groups is 1. The summed E-state index contributed by atoms with van der Waals surface area (Å²) in [5, 5.41) is 19.4. The van der Waals surface area contributed by atoms with E-state index in [9.17, 15) is 34.2 Å². The smallest absolute Gasteiger partial charge is 0.325 e. The van der Waals surface area contributed by atoms with Crippen LogP contribution in [0.2, 0.25) is 0 Å². The molecule has 13 nitrogen and oxygen atoms in total. The summed E-state index contributed by atoms with van der Waals surface area (Å²) in [5.41, 5.74) is 0.718. The van der Waals surface area contributed by atoms with E-state index in [1.54, 1.807) is 24.0 Å². The van der Waals surface area contributed by atoms with Crippen molar-refractivity contribution in [1.82, 2.24) is 9.47 Å². The van der Waals surface area contributed by atoms with Gasteiger partial charge in [-0.3, -0.25) is 33.4 Å². The van der Waals surface area contributed by atoms with Crippen LogP contribution in [0.3, 0.4) is 0 Å². The zero-order chi connectivity index (χ0) is 31.9. The number of carboxylic acids is 2. The molecule has 0 bridgehead atoms. The first-order valence-corrected chi connectivity index (χ1v) is 16.0. The molecule has 0 atom stereocenters. The predicted molar refractivity (Wildman–Crippen MR) is 167 cm³/mol. The molecular formula is C27H25N3O10S4. The fourth-order valence-electron chi connectivity index (χ4n) is 4.56. The maximum absolute atomic E-state index is 13.7. The second-order valence-electron chi connectivity index (χ2n) is 9.76. The van der Waals surface area contributed by atoms with Crippen LogP contribution in [0.1, 0.15) is 20.8 Å². The van der Waals surface area contributed by atoms with Crippen LogP contribution in [0.5, 0.6) is 11.5 Å². The molecule has 1 fully saturated rings. The number of thiazole rings is 1. The van der Waals surface area contributed by atoms with Crippen molar-refractivity contribution in [3.8, 4) is 11.5 Å². The molecule has 2 N–H and O–H groups in total. The lowest BCUT2D eigenvalue weighted by atomic mass is 10.0. The summed E-state index contributed by atoms with van der Waals surface area (Å²) in [7, 11) is 0. The number of hydrogen-bond donors (Lipinski definition) is 2. The Morgan fingerprint density at radius 2 is 1.73 bits per heavy atom. The first-order valence-electron chi connectivity index (χ1n) is 13.1. The van der Waals surface area contributed by atoms with Crippen molar-refractivity contribution < 1.29 is 43.6 Å². The third kappa shape index (κ3) is 6.09. The number of aromatic nitrogens is 1. The summed E-state index contributed by atoms with van der Waals surface area (Å²) < 4.78 is 17.5. The minimum atomic E-state index is -1.30. The Kier molecular flexibility index (Phi) is 9.10. The zero-order valence-corrected chi connectivity index (χ0v) is 26.7. The number of esters is 1. The molecular weight excluding hydrogens is 655 g/mol. The lowest BCUT2D eigenvalue weighted by molar-refractivity contribution is -0.141. The van der Waals surface area contributed by atoms with Crippen LogP contribution < -0.4 is 29.1 Å². The summed E-state index contributed by atoms with van der Waals surface area (Å²) in [6.07, 6.45) is 1.63. The highest BCUT2D eigenvalue weighted by Crippen LogP contribution is 2.52. The van der Waals surface area contributed by atoms with Crippen LogP contribution in [-0.2, 0) is 30.5 Å². The van der Waals surface area contributed by atoms with Gasteiger partial charge in [0.05, 0.1) is 21.9 Å². The van der Waals surface area contributed by atoms with Crippen molar-refractivity contribution in [3.05, 3.63) is 42.3 Å². The fraction of sp³-hybridized carbons (Fsp3) is 0.333. The number of carbonyl (C=O) groups excluding carboxylic acids is 2. The maximum Gasteiger partial charge on any atom is 0.325 e. The van der Waals surface area contributed by atoms with Gasteiger partial charge in [0, 0.05) is 17.0 Å². The number of carboxylic acid groups (broad SMARTS) is 2. The molecule has 0 spiro atoms. The Labute approximate surface area is 267 Å². The summed E-state index contributed by atoms with van der Waals surface area (Å²) in [4.78, 5) is 65.9. The number of hydrogen-bond acceptors (Lipinski definition) is 13. The summed E-state index contributed by atoms with van der Waals surface area (Å²) in [5.74, 6) is -2.85. The lowest BCUT2D eigenvalue weighted by Gasteiger charge is -2.23. The first-order chi connectivity index (χ1) is 20.9. The number of thioether (sulfide) groups is 2. The maximum atomic E-state index is 13.7. The van der Waals surface area contributed by atoms with Gasteiger partial charge < -0.3 is 29.3 Å². The number of anilines is 1. The van der Waals surface area contributed by atoms with Crippen molar-refractivity contribution in [2.24, 2.45) is 5.92 Å². The Morgan fingerprint density at radius 1 is 1.05 bits per heavy atom. The van der Waals surface area contributed by atoms with Crippen LogP contribution >= 0.6 is 47.1 Å². The van der Waals surface area contributed by atoms with Gasteiger partial charge >= 0.3 is 17.9 Å². The normalized spacial score (nSPS) is 18.4. The van der Waals surface area contributed by atoms with Gasteiger partial charge in [0.25, 0.3) is 11.5 Å². The molecule has 3 aliphatic rings. The molecule has 0 radical (unpaired) electrons. The van der Waals surface area contributed by atoms with E-state index in [2.05, 4.69) is 0 Å². The number of nitrogens with zero attached hydrogens (tertiary/aromatic N) is 3. The molecule has 3 aliphatic heterocycles. The number of aliphatic carboxylic acids is 2. The molecule has 0 saturated carbocycles. The van der Waals surface area contributed by atoms with Gasteiger partial charge in [0.1, 0.15) is 33.5 Å². The minimum absolute atomic E-state index is 0.0137. The SMILES string of the molecule is CCOC(=O)CN1/C(=C(/C=c2/s/c(=C3\SC(=S)N(CC(=O)O)C3=O)n(CC(=O)O)c2=O)C(C)C)Sc2cc3c(cc21)OCO3. The largest absolute Gasteiger partial charge is 0.480 e. The molecule has 0 aliphatic carbocycles. The highest BCUT2D eigenvalue weighted by atomic mass is 32.2. The molecule has 1 amide bonds. The number of allylic oxidation sites excluding steroid dienone is 1. The first kappa shape index (κ1) is 31.6. The molecule has 232 valence electrons. The number of ether oxygens (including phenoxy) is 3.